The van der Waals surface area contributed by atoms with Crippen LogP contribution in [0.2, 0.25) is 5.15 Å². The number of halogens is 1. The molecular formula is C15H18ClN5O3S. The molecule has 2 atom stereocenters. The van der Waals surface area contributed by atoms with Gasteiger partial charge in [-0.2, -0.15) is 0 Å². The van der Waals surface area contributed by atoms with Gasteiger partial charge >= 0.3 is 5.69 Å². The molecule has 10 heteroatoms. The van der Waals surface area contributed by atoms with Gasteiger partial charge in [-0.15, -0.1) is 5.10 Å². The minimum absolute atomic E-state index is 0.00739. The number of rotatable bonds is 6. The fraction of sp³-hybridized carbons (Fsp3) is 0.467. The molecule has 134 valence electrons. The molecule has 1 saturated heterocycles. The number of hydrogen-bond acceptors (Lipinski definition) is 6. The lowest BCUT2D eigenvalue weighted by atomic mass is 10.2. The number of nitrogens with zero attached hydrogens (tertiary/aromatic N) is 3. The van der Waals surface area contributed by atoms with Gasteiger partial charge < -0.3 is 10.1 Å². The number of thioether (sulfide) groups is 1. The van der Waals surface area contributed by atoms with Crippen LogP contribution in [0.1, 0.15) is 19.8 Å². The lowest BCUT2D eigenvalue weighted by Gasteiger charge is -2.14. The van der Waals surface area contributed by atoms with Crippen LogP contribution in [0.15, 0.2) is 28.3 Å². The summed E-state index contributed by atoms with van der Waals surface area (Å²) in [6.45, 7) is 2.88. The first-order valence-electron chi connectivity index (χ1n) is 7.89. The number of hydrogen-bond donors (Lipinski definition) is 2. The molecule has 0 unspecified atom stereocenters. The van der Waals surface area contributed by atoms with Gasteiger partial charge in [0.25, 0.3) is 0 Å². The Hall–Kier alpha value is -1.84. The number of aromatic amines is 1. The minimum Gasteiger partial charge on any atom is -0.376 e. The van der Waals surface area contributed by atoms with E-state index in [0.717, 1.165) is 12.8 Å². The van der Waals surface area contributed by atoms with Gasteiger partial charge in [0.05, 0.1) is 23.6 Å². The van der Waals surface area contributed by atoms with Gasteiger partial charge in [-0.3, -0.25) is 9.36 Å². The summed E-state index contributed by atoms with van der Waals surface area (Å²) in [7, 11) is 0. The van der Waals surface area contributed by atoms with Crippen molar-refractivity contribution in [3.05, 3.63) is 34.0 Å². The zero-order chi connectivity index (χ0) is 17.8. The molecule has 1 fully saturated rings. The molecule has 0 bridgehead atoms. The number of pyridine rings is 1. The summed E-state index contributed by atoms with van der Waals surface area (Å²) in [4.78, 5) is 28.2. The van der Waals surface area contributed by atoms with Gasteiger partial charge in [0.1, 0.15) is 0 Å². The van der Waals surface area contributed by atoms with Crippen molar-refractivity contribution in [3.63, 3.8) is 0 Å². The van der Waals surface area contributed by atoms with E-state index in [-0.39, 0.29) is 22.9 Å². The largest absolute Gasteiger partial charge is 0.376 e. The smallest absolute Gasteiger partial charge is 0.344 e. The quantitative estimate of drug-likeness (QED) is 0.583. The molecule has 2 N–H and O–H groups in total. The maximum atomic E-state index is 12.4. The summed E-state index contributed by atoms with van der Waals surface area (Å²) in [5.74, 6) is -0.251. The number of carbonyl (C=O) groups is 1. The van der Waals surface area contributed by atoms with Crippen molar-refractivity contribution in [2.24, 2.45) is 0 Å². The predicted octanol–water partition coefficient (Wildman–Crippen LogP) is 1.92. The van der Waals surface area contributed by atoms with Gasteiger partial charge in [-0.05, 0) is 31.9 Å². The van der Waals surface area contributed by atoms with Crippen LogP contribution in [0.25, 0.3) is 0 Å². The highest BCUT2D eigenvalue weighted by Crippen LogP contribution is 2.24. The fourth-order valence-electron chi connectivity index (χ4n) is 2.47. The average Bonchev–Trinajstić information content (AvgIpc) is 3.22. The zero-order valence-corrected chi connectivity index (χ0v) is 15.1. The van der Waals surface area contributed by atoms with Gasteiger partial charge in [-0.1, -0.05) is 23.4 Å². The van der Waals surface area contributed by atoms with Crippen molar-refractivity contribution in [3.8, 4) is 0 Å². The second-order valence-corrected chi connectivity index (χ2v) is 7.31. The second kappa shape index (κ2) is 8.03. The third-order valence-electron chi connectivity index (χ3n) is 3.80. The number of aromatic nitrogens is 4. The van der Waals surface area contributed by atoms with Gasteiger partial charge in [0.15, 0.2) is 10.3 Å². The van der Waals surface area contributed by atoms with Crippen LogP contribution in [0, 0.1) is 0 Å². The van der Waals surface area contributed by atoms with Crippen molar-refractivity contribution >= 4 is 35.0 Å². The Kier molecular flexibility index (Phi) is 5.77. The summed E-state index contributed by atoms with van der Waals surface area (Å²) in [5, 5.41) is 9.38. The van der Waals surface area contributed by atoms with Crippen LogP contribution in [-0.4, -0.2) is 43.6 Å². The maximum Gasteiger partial charge on any atom is 0.344 e. The van der Waals surface area contributed by atoms with E-state index < -0.39 is 5.25 Å². The monoisotopic (exact) mass is 383 g/mol. The molecule has 0 aromatic carbocycles. The molecular weight excluding hydrogens is 366 g/mol. The normalized spacial score (nSPS) is 18.2. The van der Waals surface area contributed by atoms with Gasteiger partial charge in [-0.25, -0.2) is 14.9 Å². The van der Waals surface area contributed by atoms with Crippen LogP contribution in [0.5, 0.6) is 0 Å². The SMILES string of the molecule is C[C@@H](Sc1n[nH]c(=O)n1C[C@@H]1CCCO1)C(=O)Nc1cccnc1Cl. The summed E-state index contributed by atoms with van der Waals surface area (Å²) in [5.41, 5.74) is 0.140. The molecule has 1 aliphatic rings. The first-order chi connectivity index (χ1) is 12.0. The molecule has 2 aromatic rings. The standard InChI is InChI=1S/C15H18ClN5O3S/c1-9(13(22)18-11-5-2-6-17-12(11)16)25-15-20-19-14(23)21(15)8-10-4-3-7-24-10/h2,5-6,9-10H,3-4,7-8H2,1H3,(H,18,22)(H,19,23)/t9-,10+/m1/s1. The van der Waals surface area contributed by atoms with E-state index in [1.54, 1.807) is 25.3 Å². The van der Waals surface area contributed by atoms with Crippen molar-refractivity contribution in [2.75, 3.05) is 11.9 Å². The van der Waals surface area contributed by atoms with Crippen LogP contribution in [-0.2, 0) is 16.1 Å². The predicted molar refractivity (Wildman–Crippen MR) is 95.0 cm³/mol. The van der Waals surface area contributed by atoms with E-state index in [4.69, 9.17) is 16.3 Å². The highest BCUT2D eigenvalue weighted by atomic mass is 35.5. The van der Waals surface area contributed by atoms with Crippen molar-refractivity contribution < 1.29 is 9.53 Å². The highest BCUT2D eigenvalue weighted by molar-refractivity contribution is 8.00. The minimum atomic E-state index is -0.477. The van der Waals surface area contributed by atoms with E-state index >= 15 is 0 Å². The van der Waals surface area contributed by atoms with E-state index in [0.29, 0.717) is 24.0 Å². The molecule has 3 rings (SSSR count). The maximum absolute atomic E-state index is 12.4. The van der Waals surface area contributed by atoms with E-state index in [9.17, 15) is 9.59 Å². The number of H-pyrrole nitrogens is 1. The van der Waals surface area contributed by atoms with E-state index in [1.807, 2.05) is 0 Å². The average molecular weight is 384 g/mol. The molecule has 0 radical (unpaired) electrons. The molecule has 0 aliphatic carbocycles. The summed E-state index contributed by atoms with van der Waals surface area (Å²) >= 11 is 7.14. The summed E-state index contributed by atoms with van der Waals surface area (Å²) in [6, 6.07) is 3.36. The Labute approximate surface area is 153 Å². The van der Waals surface area contributed by atoms with Crippen molar-refractivity contribution in [2.45, 2.75) is 42.8 Å². The highest BCUT2D eigenvalue weighted by Gasteiger charge is 2.23. The molecule has 0 spiro atoms. The fourth-order valence-corrected chi connectivity index (χ4v) is 3.50. The third-order valence-corrected chi connectivity index (χ3v) is 5.19. The van der Waals surface area contributed by atoms with E-state index in [1.165, 1.54) is 16.3 Å². The topological polar surface area (TPSA) is 102 Å². The van der Waals surface area contributed by atoms with Crippen LogP contribution in [0.4, 0.5) is 5.69 Å². The Morgan fingerprint density at radius 1 is 1.64 bits per heavy atom. The first kappa shape index (κ1) is 18.0. The van der Waals surface area contributed by atoms with Gasteiger partial charge in [0.2, 0.25) is 5.91 Å². The first-order valence-corrected chi connectivity index (χ1v) is 9.15. The Morgan fingerprint density at radius 2 is 2.48 bits per heavy atom. The molecule has 8 nitrogen and oxygen atoms in total. The lowest BCUT2D eigenvalue weighted by Crippen LogP contribution is -2.27. The zero-order valence-electron chi connectivity index (χ0n) is 13.6. The second-order valence-electron chi connectivity index (χ2n) is 5.65. The number of amides is 1. The number of nitrogens with one attached hydrogen (secondary N) is 2. The molecule has 1 aliphatic heterocycles. The van der Waals surface area contributed by atoms with Crippen molar-refractivity contribution in [1.82, 2.24) is 19.7 Å². The molecule has 2 aromatic heterocycles. The van der Waals surface area contributed by atoms with Crippen LogP contribution >= 0.6 is 23.4 Å². The molecule has 0 saturated carbocycles. The summed E-state index contributed by atoms with van der Waals surface area (Å²) < 4.78 is 7.08. The van der Waals surface area contributed by atoms with E-state index in [2.05, 4.69) is 20.5 Å². The number of ether oxygens (including phenoxy) is 1. The Bertz CT molecular complexity index is 802. The van der Waals surface area contributed by atoms with Crippen LogP contribution in [0.3, 0.4) is 0 Å². The third kappa shape index (κ3) is 4.42. The van der Waals surface area contributed by atoms with Crippen molar-refractivity contribution in [1.29, 1.82) is 0 Å². The summed E-state index contributed by atoms with van der Waals surface area (Å²) in [6.07, 6.45) is 3.46. The van der Waals surface area contributed by atoms with Gasteiger partial charge in [0, 0.05) is 12.8 Å². The number of anilines is 1. The van der Waals surface area contributed by atoms with Crippen LogP contribution < -0.4 is 11.0 Å². The molecule has 25 heavy (non-hydrogen) atoms. The Balaban J connectivity index is 1.66. The Morgan fingerprint density at radius 3 is 3.20 bits per heavy atom. The lowest BCUT2D eigenvalue weighted by molar-refractivity contribution is -0.115. The number of carbonyl (C=O) groups excluding carboxylic acids is 1. The molecule has 3 heterocycles. The molecule has 1 amide bonds.